The molecule has 1 N–H and O–H groups in total. The molecule has 1 atom stereocenters. The largest absolute Gasteiger partial charge is 0.497 e. The zero-order valence-corrected chi connectivity index (χ0v) is 28.2. The van der Waals surface area contributed by atoms with E-state index in [0.717, 1.165) is 21.9 Å². The summed E-state index contributed by atoms with van der Waals surface area (Å²) in [7, 11) is -0.272. The number of sulfonamides is 1. The van der Waals surface area contributed by atoms with Crippen molar-refractivity contribution in [2.75, 3.05) is 39.2 Å². The SMILES string of the molecule is COc1ccc([C@H]2CC(c3cccs3)=NN2C(=O)CSc2nnc(CNC(=O)c3ccc(S(=O)(=O)N4CCOCC4)cc3)n2C)cc1. The van der Waals surface area contributed by atoms with E-state index in [1.807, 2.05) is 41.8 Å². The van der Waals surface area contributed by atoms with E-state index in [9.17, 15) is 18.0 Å². The lowest BCUT2D eigenvalue weighted by molar-refractivity contribution is -0.130. The average Bonchev–Trinajstić information content (AvgIpc) is 3.87. The first kappa shape index (κ1) is 32.8. The number of hydrogen-bond acceptors (Lipinski definition) is 11. The van der Waals surface area contributed by atoms with E-state index in [1.165, 1.54) is 40.3 Å². The first-order valence-corrected chi connectivity index (χ1v) is 18.1. The van der Waals surface area contributed by atoms with Crippen LogP contribution in [-0.2, 0) is 33.1 Å². The highest BCUT2D eigenvalue weighted by Gasteiger charge is 2.34. The molecule has 0 aliphatic carbocycles. The summed E-state index contributed by atoms with van der Waals surface area (Å²) < 4.78 is 39.4. The Balaban J connectivity index is 1.06. The minimum Gasteiger partial charge on any atom is -0.497 e. The first-order valence-electron chi connectivity index (χ1n) is 14.8. The van der Waals surface area contributed by atoms with Gasteiger partial charge in [-0.1, -0.05) is 30.0 Å². The number of carbonyl (C=O) groups is 2. The molecule has 246 valence electrons. The van der Waals surface area contributed by atoms with Crippen molar-refractivity contribution in [3.05, 3.63) is 87.9 Å². The Morgan fingerprint density at radius 3 is 2.49 bits per heavy atom. The van der Waals surface area contributed by atoms with Gasteiger partial charge in [-0.05, 0) is 53.4 Å². The fourth-order valence-corrected chi connectivity index (χ4v) is 8.12. The van der Waals surface area contributed by atoms with Crippen molar-refractivity contribution in [1.82, 2.24) is 29.4 Å². The Bertz CT molecular complexity index is 1850. The first-order chi connectivity index (χ1) is 22.7. The van der Waals surface area contributed by atoms with Gasteiger partial charge in [0.1, 0.15) is 5.75 Å². The van der Waals surface area contributed by atoms with Gasteiger partial charge >= 0.3 is 0 Å². The zero-order chi connectivity index (χ0) is 33.0. The van der Waals surface area contributed by atoms with Crippen molar-refractivity contribution in [3.8, 4) is 5.75 Å². The number of benzene rings is 2. The number of carbonyl (C=O) groups excluding carboxylic acids is 2. The van der Waals surface area contributed by atoms with Gasteiger partial charge in [0.05, 0.1) is 54.1 Å². The molecule has 0 spiro atoms. The summed E-state index contributed by atoms with van der Waals surface area (Å²) in [6, 6.07) is 17.2. The van der Waals surface area contributed by atoms with Crippen molar-refractivity contribution in [3.63, 3.8) is 0 Å². The Morgan fingerprint density at radius 1 is 1.06 bits per heavy atom. The number of nitrogens with one attached hydrogen (secondary N) is 1. The molecule has 4 aromatic rings. The second-order valence-electron chi connectivity index (χ2n) is 10.7. The van der Waals surface area contributed by atoms with E-state index < -0.39 is 10.0 Å². The highest BCUT2D eigenvalue weighted by Crippen LogP contribution is 2.35. The third-order valence-corrected chi connectivity index (χ3v) is 11.7. The number of ether oxygens (including phenoxy) is 2. The van der Waals surface area contributed by atoms with Gasteiger partial charge in [0, 0.05) is 32.1 Å². The fraction of sp³-hybridized carbons (Fsp3) is 0.323. The maximum atomic E-state index is 13.5. The van der Waals surface area contributed by atoms with Crippen LogP contribution in [0.5, 0.6) is 5.75 Å². The normalized spacial score (nSPS) is 17.0. The number of amides is 2. The summed E-state index contributed by atoms with van der Waals surface area (Å²) in [5.74, 6) is 0.771. The van der Waals surface area contributed by atoms with Gasteiger partial charge in [-0.25, -0.2) is 13.4 Å². The molecule has 0 bridgehead atoms. The molecule has 2 aromatic heterocycles. The van der Waals surface area contributed by atoms with Crippen LogP contribution in [0, 0.1) is 0 Å². The number of methoxy groups -OCH3 is 1. The molecule has 2 aliphatic heterocycles. The second-order valence-corrected chi connectivity index (χ2v) is 14.6. The maximum absolute atomic E-state index is 13.5. The van der Waals surface area contributed by atoms with Crippen LogP contribution < -0.4 is 10.1 Å². The third-order valence-electron chi connectivity index (χ3n) is 7.85. The van der Waals surface area contributed by atoms with Crippen molar-refractivity contribution >= 4 is 50.6 Å². The quantitative estimate of drug-likeness (QED) is 0.234. The lowest BCUT2D eigenvalue weighted by Crippen LogP contribution is -2.40. The van der Waals surface area contributed by atoms with E-state index >= 15 is 0 Å². The van der Waals surface area contributed by atoms with E-state index in [-0.39, 0.29) is 35.0 Å². The monoisotopic (exact) mass is 695 g/mol. The molecular weight excluding hydrogens is 663 g/mol. The standard InChI is InChI=1S/C31H33N7O6S3/c1-36-28(19-32-30(40)22-7-11-24(12-8-22)47(41,42)37-13-15-44-16-14-37)33-34-31(36)46-20-29(39)38-26(21-5-9-23(43-2)10-6-21)18-25(35-38)27-4-3-17-45-27/h3-12,17,26H,13-16,18-20H2,1-2H3,(H,32,40)/t26-/m1/s1. The number of aromatic nitrogens is 3. The maximum Gasteiger partial charge on any atom is 0.253 e. The van der Waals surface area contributed by atoms with Gasteiger partial charge in [0.25, 0.3) is 11.8 Å². The number of thioether (sulfide) groups is 1. The molecule has 1 fully saturated rings. The molecule has 0 saturated carbocycles. The molecule has 47 heavy (non-hydrogen) atoms. The van der Waals surface area contributed by atoms with Gasteiger partial charge in [-0.3, -0.25) is 9.59 Å². The number of hydrazone groups is 1. The number of rotatable bonds is 11. The van der Waals surface area contributed by atoms with Gasteiger partial charge in [-0.2, -0.15) is 9.41 Å². The predicted octanol–water partition coefficient (Wildman–Crippen LogP) is 3.31. The molecule has 0 unspecified atom stereocenters. The third kappa shape index (κ3) is 7.26. The number of nitrogens with zero attached hydrogens (tertiary/aromatic N) is 6. The van der Waals surface area contributed by atoms with Crippen LogP contribution >= 0.6 is 23.1 Å². The molecule has 0 radical (unpaired) electrons. The lowest BCUT2D eigenvalue weighted by atomic mass is 10.0. The fourth-order valence-electron chi connectivity index (χ4n) is 5.21. The highest BCUT2D eigenvalue weighted by molar-refractivity contribution is 7.99. The summed E-state index contributed by atoms with van der Waals surface area (Å²) >= 11 is 2.83. The Hall–Kier alpha value is -4.09. The Morgan fingerprint density at radius 2 is 1.81 bits per heavy atom. The van der Waals surface area contributed by atoms with E-state index in [1.54, 1.807) is 35.1 Å². The van der Waals surface area contributed by atoms with Crippen LogP contribution in [0.15, 0.2) is 81.2 Å². The van der Waals surface area contributed by atoms with Crippen LogP contribution in [0.2, 0.25) is 0 Å². The summed E-state index contributed by atoms with van der Waals surface area (Å²) in [5, 5.41) is 20.0. The van der Waals surface area contributed by atoms with Crippen LogP contribution in [0.3, 0.4) is 0 Å². The molecule has 6 rings (SSSR count). The smallest absolute Gasteiger partial charge is 0.253 e. The van der Waals surface area contributed by atoms with Crippen LogP contribution in [0.1, 0.15) is 39.1 Å². The second kappa shape index (κ2) is 14.4. The van der Waals surface area contributed by atoms with Crippen molar-refractivity contribution < 1.29 is 27.5 Å². The minimum atomic E-state index is -3.65. The van der Waals surface area contributed by atoms with Gasteiger partial charge in [0.15, 0.2) is 11.0 Å². The summed E-state index contributed by atoms with van der Waals surface area (Å²) in [6.07, 6.45) is 0.601. The van der Waals surface area contributed by atoms with Gasteiger partial charge in [-0.15, -0.1) is 21.5 Å². The van der Waals surface area contributed by atoms with Crippen molar-refractivity contribution in [1.29, 1.82) is 0 Å². The molecule has 16 heteroatoms. The molecule has 2 aliphatic rings. The van der Waals surface area contributed by atoms with Crippen LogP contribution in [0.4, 0.5) is 0 Å². The Kier molecular flexibility index (Phi) is 10.0. The van der Waals surface area contributed by atoms with E-state index in [4.69, 9.17) is 14.6 Å². The molecular formula is C31H33N7O6S3. The van der Waals surface area contributed by atoms with Crippen LogP contribution in [-0.4, -0.2) is 89.2 Å². The molecule has 2 amide bonds. The number of thiophene rings is 1. The average molecular weight is 696 g/mol. The molecule has 13 nitrogen and oxygen atoms in total. The molecule has 1 saturated heterocycles. The Labute approximate surface area is 280 Å². The highest BCUT2D eigenvalue weighted by atomic mass is 32.2. The van der Waals surface area contributed by atoms with Gasteiger partial charge in [0.2, 0.25) is 10.0 Å². The van der Waals surface area contributed by atoms with E-state index in [2.05, 4.69) is 15.5 Å². The van der Waals surface area contributed by atoms with Gasteiger partial charge < -0.3 is 19.4 Å². The summed E-state index contributed by atoms with van der Waals surface area (Å²) in [6.45, 7) is 1.39. The van der Waals surface area contributed by atoms with Crippen molar-refractivity contribution in [2.24, 2.45) is 12.1 Å². The minimum absolute atomic E-state index is 0.0881. The molecule has 4 heterocycles. The zero-order valence-electron chi connectivity index (χ0n) is 25.7. The number of morpholine rings is 1. The topological polar surface area (TPSA) is 148 Å². The summed E-state index contributed by atoms with van der Waals surface area (Å²) in [5.41, 5.74) is 2.14. The summed E-state index contributed by atoms with van der Waals surface area (Å²) in [4.78, 5) is 27.5. The van der Waals surface area contributed by atoms with E-state index in [0.29, 0.717) is 49.3 Å². The number of hydrogen-bond donors (Lipinski definition) is 1. The predicted molar refractivity (Wildman–Crippen MR) is 177 cm³/mol. The lowest BCUT2D eigenvalue weighted by Gasteiger charge is -2.26. The van der Waals surface area contributed by atoms with Crippen LogP contribution in [0.25, 0.3) is 0 Å². The van der Waals surface area contributed by atoms with Crippen molar-refractivity contribution in [2.45, 2.75) is 29.1 Å². The molecule has 2 aromatic carbocycles.